The van der Waals surface area contributed by atoms with Crippen molar-refractivity contribution in [3.05, 3.63) is 89.2 Å². The highest BCUT2D eigenvalue weighted by atomic mass is 16.1. The van der Waals surface area contributed by atoms with Crippen molar-refractivity contribution in [2.75, 3.05) is 0 Å². The minimum Gasteiger partial charge on any atom is -0.298 e. The van der Waals surface area contributed by atoms with Crippen LogP contribution in [0.3, 0.4) is 0 Å². The van der Waals surface area contributed by atoms with Crippen molar-refractivity contribution in [2.24, 2.45) is 0 Å². The Kier molecular flexibility index (Phi) is 4.83. The molecule has 0 saturated carbocycles. The van der Waals surface area contributed by atoms with Crippen LogP contribution in [-0.2, 0) is 6.42 Å². The maximum Gasteiger partial charge on any atom is 0.150 e. The topological polar surface area (TPSA) is 95.5 Å². The van der Waals surface area contributed by atoms with Gasteiger partial charge in [-0.3, -0.25) is 20.6 Å². The number of aryl methyl sites for hydroxylation is 1. The number of rotatable bonds is 4. The van der Waals surface area contributed by atoms with E-state index in [1.54, 1.807) is 24.3 Å². The van der Waals surface area contributed by atoms with Crippen molar-refractivity contribution < 1.29 is 4.79 Å². The lowest BCUT2D eigenvalue weighted by molar-refractivity contribution is 0.112. The van der Waals surface area contributed by atoms with Gasteiger partial charge in [-0.25, -0.2) is 4.68 Å². The highest BCUT2D eigenvalue weighted by Gasteiger charge is 2.07. The molecular weight excluding hydrogens is 362 g/mol. The summed E-state index contributed by atoms with van der Waals surface area (Å²) < 4.78 is 1.35. The summed E-state index contributed by atoms with van der Waals surface area (Å²) in [6, 6.07) is 18.7. The van der Waals surface area contributed by atoms with E-state index < -0.39 is 0 Å². The minimum absolute atomic E-state index is 0.184. The zero-order valence-electron chi connectivity index (χ0n) is 15.9. The molecule has 0 amide bonds. The number of aromatic nitrogens is 3. The molecule has 4 aromatic rings. The van der Waals surface area contributed by atoms with Crippen LogP contribution in [0.5, 0.6) is 0 Å². The van der Waals surface area contributed by atoms with Crippen LogP contribution in [-0.4, -0.2) is 26.9 Å². The van der Waals surface area contributed by atoms with Crippen LogP contribution >= 0.6 is 0 Å². The third-order valence-corrected chi connectivity index (χ3v) is 4.72. The molecule has 0 aliphatic rings. The van der Waals surface area contributed by atoms with E-state index in [2.05, 4.69) is 16.1 Å². The summed E-state index contributed by atoms with van der Waals surface area (Å²) in [5, 5.41) is 21.6. The smallest absolute Gasteiger partial charge is 0.150 e. The molecule has 29 heavy (non-hydrogen) atoms. The molecule has 0 aliphatic heterocycles. The van der Waals surface area contributed by atoms with Crippen molar-refractivity contribution in [1.82, 2.24) is 14.8 Å². The summed E-state index contributed by atoms with van der Waals surface area (Å²) in [7, 11) is 0. The molecule has 0 unspecified atom stereocenters. The molecule has 0 spiro atoms. The molecule has 6 heteroatoms. The van der Waals surface area contributed by atoms with Gasteiger partial charge in [0.2, 0.25) is 0 Å². The number of nitrogens with zero attached hydrogens (tertiary/aromatic N) is 3. The van der Waals surface area contributed by atoms with Crippen LogP contribution in [0, 0.1) is 17.7 Å². The number of pyridine rings is 1. The van der Waals surface area contributed by atoms with E-state index in [0.29, 0.717) is 12.0 Å². The summed E-state index contributed by atoms with van der Waals surface area (Å²) in [6.45, 7) is 1.84. The average Bonchev–Trinajstić information content (AvgIpc) is 2.75. The quantitative estimate of drug-likeness (QED) is 0.320. The third-order valence-electron chi connectivity index (χ3n) is 4.72. The molecule has 142 valence electrons. The second-order valence-electron chi connectivity index (χ2n) is 6.89. The van der Waals surface area contributed by atoms with Crippen LogP contribution in [0.25, 0.3) is 22.0 Å². The minimum atomic E-state index is 0.184. The monoisotopic (exact) mass is 381 g/mol. The molecule has 0 fully saturated rings. The molecule has 0 aliphatic carbocycles. The fraction of sp³-hybridized carbons (Fsp3) is 0.0870. The van der Waals surface area contributed by atoms with E-state index in [1.807, 2.05) is 43.5 Å². The molecule has 2 aromatic carbocycles. The zero-order chi connectivity index (χ0) is 20.4. The number of benzene rings is 2. The lowest BCUT2D eigenvalue weighted by Gasteiger charge is -2.09. The van der Waals surface area contributed by atoms with Gasteiger partial charge in [-0.05, 0) is 48.4 Å². The lowest BCUT2D eigenvalue weighted by Crippen LogP contribution is -2.30. The number of aldehydes is 1. The van der Waals surface area contributed by atoms with Crippen molar-refractivity contribution in [3.63, 3.8) is 0 Å². The SMILES string of the molecule is Cc1ccc(=N)n(C(=N)Cc2ccc3ncc(-c4ccc(C=O)cc4)cc3c2)n1. The Morgan fingerprint density at radius 2 is 1.83 bits per heavy atom. The van der Waals surface area contributed by atoms with Crippen molar-refractivity contribution >= 4 is 23.0 Å². The van der Waals surface area contributed by atoms with E-state index in [-0.39, 0.29) is 11.3 Å². The van der Waals surface area contributed by atoms with Gasteiger partial charge in [-0.2, -0.15) is 5.10 Å². The maximum absolute atomic E-state index is 10.8. The summed E-state index contributed by atoms with van der Waals surface area (Å²) in [6.07, 6.45) is 3.01. The Balaban J connectivity index is 1.65. The molecule has 0 atom stereocenters. The largest absolute Gasteiger partial charge is 0.298 e. The maximum atomic E-state index is 10.8. The third kappa shape index (κ3) is 3.87. The Hall–Kier alpha value is -3.93. The van der Waals surface area contributed by atoms with Crippen LogP contribution in [0.1, 0.15) is 21.6 Å². The number of nitrogens with one attached hydrogen (secondary N) is 2. The van der Waals surface area contributed by atoms with Crippen molar-refractivity contribution in [3.8, 4) is 11.1 Å². The normalized spacial score (nSPS) is 10.8. The van der Waals surface area contributed by atoms with E-state index in [9.17, 15) is 4.79 Å². The first-order chi connectivity index (χ1) is 14.0. The van der Waals surface area contributed by atoms with Crippen molar-refractivity contribution in [1.29, 1.82) is 10.8 Å². The number of hydrogen-bond acceptors (Lipinski definition) is 5. The number of carbonyl (C=O) groups excluding carboxylic acids is 1. The molecule has 6 nitrogen and oxygen atoms in total. The van der Waals surface area contributed by atoms with Crippen LogP contribution in [0.4, 0.5) is 0 Å². The van der Waals surface area contributed by atoms with Gasteiger partial charge in [-0.1, -0.05) is 30.3 Å². The molecule has 2 N–H and O–H groups in total. The Bertz CT molecular complexity index is 1290. The van der Waals surface area contributed by atoms with Crippen LogP contribution in [0.15, 0.2) is 66.9 Å². The Morgan fingerprint density at radius 1 is 1.03 bits per heavy atom. The molecule has 0 bridgehead atoms. The predicted molar refractivity (Wildman–Crippen MR) is 112 cm³/mol. The fourth-order valence-corrected chi connectivity index (χ4v) is 3.19. The van der Waals surface area contributed by atoms with Gasteiger partial charge < -0.3 is 0 Å². The summed E-state index contributed by atoms with van der Waals surface area (Å²) in [5.74, 6) is 0.242. The molecule has 0 saturated heterocycles. The molecule has 4 rings (SSSR count). The zero-order valence-corrected chi connectivity index (χ0v) is 15.9. The summed E-state index contributed by atoms with van der Waals surface area (Å²) >= 11 is 0. The van der Waals surface area contributed by atoms with Gasteiger partial charge in [0.25, 0.3) is 0 Å². The Labute approximate surface area is 167 Å². The first-order valence-electron chi connectivity index (χ1n) is 9.17. The first kappa shape index (κ1) is 18.4. The molecular formula is C23H19N5O. The number of fused-ring (bicyclic) bond motifs is 1. The van der Waals surface area contributed by atoms with Gasteiger partial charge in [0.1, 0.15) is 17.6 Å². The second kappa shape index (κ2) is 7.59. The highest BCUT2D eigenvalue weighted by molar-refractivity contribution is 5.87. The van der Waals surface area contributed by atoms with Gasteiger partial charge in [0.15, 0.2) is 0 Å². The van der Waals surface area contributed by atoms with Gasteiger partial charge >= 0.3 is 0 Å². The van der Waals surface area contributed by atoms with Gasteiger partial charge in [0.05, 0.1) is 11.2 Å². The first-order valence-corrected chi connectivity index (χ1v) is 9.17. The van der Waals surface area contributed by atoms with E-state index in [0.717, 1.165) is 39.6 Å². The number of carbonyl (C=O) groups is 1. The lowest BCUT2D eigenvalue weighted by atomic mass is 10.0. The predicted octanol–water partition coefficient (Wildman–Crippen LogP) is 3.77. The van der Waals surface area contributed by atoms with E-state index in [1.165, 1.54) is 4.68 Å². The standard InChI is InChI=1S/C23H19N5O/c1-15-2-9-22(24)28(27-15)23(25)11-17-5-8-21-19(10-17)12-20(13-26-21)18-6-3-16(14-29)4-7-18/h2-10,12-14,24-25H,11H2,1H3. The summed E-state index contributed by atoms with van der Waals surface area (Å²) in [5.41, 5.74) is 5.36. The summed E-state index contributed by atoms with van der Waals surface area (Å²) in [4.78, 5) is 15.4. The molecule has 2 heterocycles. The highest BCUT2D eigenvalue weighted by Crippen LogP contribution is 2.24. The van der Waals surface area contributed by atoms with Crippen LogP contribution < -0.4 is 5.49 Å². The van der Waals surface area contributed by atoms with E-state index >= 15 is 0 Å². The average molecular weight is 381 g/mol. The molecule has 0 radical (unpaired) electrons. The number of hydrogen-bond donors (Lipinski definition) is 2. The van der Waals surface area contributed by atoms with Gasteiger partial charge in [0, 0.05) is 29.1 Å². The van der Waals surface area contributed by atoms with Crippen LogP contribution in [0.2, 0.25) is 0 Å². The van der Waals surface area contributed by atoms with Crippen molar-refractivity contribution in [2.45, 2.75) is 13.3 Å². The second-order valence-corrected chi connectivity index (χ2v) is 6.89. The van der Waals surface area contributed by atoms with Gasteiger partial charge in [-0.15, -0.1) is 0 Å². The Morgan fingerprint density at radius 3 is 2.59 bits per heavy atom. The molecule has 2 aromatic heterocycles. The fourth-order valence-electron chi connectivity index (χ4n) is 3.19. The van der Waals surface area contributed by atoms with E-state index in [4.69, 9.17) is 10.8 Å².